The molecule has 0 aliphatic carbocycles. The second-order valence-electron chi connectivity index (χ2n) is 2.90. The first kappa shape index (κ1) is 10.5. The normalized spacial score (nSPS) is 16.3. The molecule has 0 radical (unpaired) electrons. The minimum Gasteiger partial charge on any atom is -0.339 e. The molecule has 0 N–H and O–H groups in total. The first-order valence-electron chi connectivity index (χ1n) is 4.23. The van der Waals surface area contributed by atoms with E-state index in [9.17, 15) is 4.79 Å². The molecule has 0 unspecified atom stereocenters. The lowest BCUT2D eigenvalue weighted by atomic mass is 10.2. The van der Waals surface area contributed by atoms with E-state index >= 15 is 0 Å². The Kier molecular flexibility index (Phi) is 4.22. The summed E-state index contributed by atoms with van der Waals surface area (Å²) in [5.41, 5.74) is 0. The summed E-state index contributed by atoms with van der Waals surface area (Å²) in [5.74, 6) is 0.0988. The van der Waals surface area contributed by atoms with Gasteiger partial charge in [0.25, 0.3) is 0 Å². The molecule has 13 heavy (non-hydrogen) atoms. The summed E-state index contributed by atoms with van der Waals surface area (Å²) in [6.45, 7) is 1.52. The molecule has 0 aromatic rings. The summed E-state index contributed by atoms with van der Waals surface area (Å²) in [4.78, 5) is 13.2. The van der Waals surface area contributed by atoms with Crippen LogP contribution in [0.5, 0.6) is 0 Å². The van der Waals surface area contributed by atoms with Crippen molar-refractivity contribution in [3.8, 4) is 6.07 Å². The number of hydrogen-bond acceptors (Lipinski definition) is 2. The summed E-state index contributed by atoms with van der Waals surface area (Å²) in [6, 6.07) is 1.98. The smallest absolute Gasteiger partial charge is 0.223 e. The third-order valence-corrected chi connectivity index (χ3v) is 2.94. The fraction of sp³-hybridized carbons (Fsp3) is 0.556. The Labute approximate surface area is 91.5 Å². The average molecular weight is 290 g/mol. The third-order valence-electron chi connectivity index (χ3n) is 1.96. The molecule has 0 aromatic carbocycles. The number of halogens is 1. The molecule has 1 rings (SSSR count). The van der Waals surface area contributed by atoms with Gasteiger partial charge in [0.2, 0.25) is 5.91 Å². The second-order valence-corrected chi connectivity index (χ2v) is 4.28. The van der Waals surface area contributed by atoms with Gasteiger partial charge in [-0.3, -0.25) is 4.79 Å². The summed E-state index contributed by atoms with van der Waals surface area (Å²) in [7, 11) is 0. The van der Waals surface area contributed by atoms with Crippen LogP contribution in [0, 0.1) is 11.3 Å². The number of carbonyl (C=O) groups excluding carboxylic acids is 1. The average Bonchev–Trinajstić information content (AvgIpc) is 2.15. The van der Waals surface area contributed by atoms with Crippen molar-refractivity contribution in [2.75, 3.05) is 13.1 Å². The standard InChI is InChI=1S/C9H11IN2O/c10-8-3-6-12(7-4-8)9(13)2-1-5-11/h3H,1-2,4,6-7H2. The fourth-order valence-corrected chi connectivity index (χ4v) is 1.63. The lowest BCUT2D eigenvalue weighted by molar-refractivity contribution is -0.130. The Hall–Kier alpha value is -0.570. The van der Waals surface area contributed by atoms with Crippen LogP contribution in [0.3, 0.4) is 0 Å². The number of nitriles is 1. The van der Waals surface area contributed by atoms with Crippen LogP contribution >= 0.6 is 22.6 Å². The van der Waals surface area contributed by atoms with Gasteiger partial charge in [-0.05, 0) is 32.6 Å². The second kappa shape index (κ2) is 5.22. The Morgan fingerprint density at radius 2 is 2.54 bits per heavy atom. The maximum atomic E-state index is 11.4. The molecule has 0 saturated carbocycles. The van der Waals surface area contributed by atoms with Crippen molar-refractivity contribution < 1.29 is 4.79 Å². The lowest BCUT2D eigenvalue weighted by Crippen LogP contribution is -2.34. The van der Waals surface area contributed by atoms with Crippen molar-refractivity contribution in [1.82, 2.24) is 4.90 Å². The number of amides is 1. The largest absolute Gasteiger partial charge is 0.339 e. The molecule has 4 heteroatoms. The SMILES string of the molecule is N#CCCC(=O)N1CC=C(I)CC1. The van der Waals surface area contributed by atoms with Gasteiger partial charge in [0, 0.05) is 25.9 Å². The van der Waals surface area contributed by atoms with Crippen LogP contribution in [0.15, 0.2) is 9.66 Å². The summed E-state index contributed by atoms with van der Waals surface area (Å²) < 4.78 is 1.32. The van der Waals surface area contributed by atoms with Gasteiger partial charge >= 0.3 is 0 Å². The number of rotatable bonds is 2. The molecule has 0 fully saturated rings. The Morgan fingerprint density at radius 1 is 1.77 bits per heavy atom. The first-order valence-corrected chi connectivity index (χ1v) is 5.31. The molecule has 70 valence electrons. The van der Waals surface area contributed by atoms with E-state index in [1.807, 2.05) is 6.07 Å². The molecule has 1 aliphatic rings. The highest BCUT2D eigenvalue weighted by Gasteiger charge is 2.15. The quantitative estimate of drug-likeness (QED) is 0.728. The van der Waals surface area contributed by atoms with E-state index in [1.165, 1.54) is 3.58 Å². The zero-order chi connectivity index (χ0) is 9.68. The molecular formula is C9H11IN2O. The van der Waals surface area contributed by atoms with Gasteiger partial charge in [0.05, 0.1) is 6.07 Å². The molecule has 1 amide bonds. The van der Waals surface area contributed by atoms with E-state index in [1.54, 1.807) is 4.90 Å². The van der Waals surface area contributed by atoms with Gasteiger partial charge in [-0.1, -0.05) is 6.08 Å². The summed E-state index contributed by atoms with van der Waals surface area (Å²) in [5, 5.41) is 8.32. The van der Waals surface area contributed by atoms with Crippen molar-refractivity contribution in [2.45, 2.75) is 19.3 Å². The van der Waals surface area contributed by atoms with Crippen LogP contribution < -0.4 is 0 Å². The van der Waals surface area contributed by atoms with Gasteiger partial charge < -0.3 is 4.90 Å². The summed E-state index contributed by atoms with van der Waals surface area (Å²) >= 11 is 2.29. The van der Waals surface area contributed by atoms with E-state index in [0.29, 0.717) is 19.4 Å². The molecule has 1 heterocycles. The van der Waals surface area contributed by atoms with Crippen LogP contribution in [0.2, 0.25) is 0 Å². The number of nitrogens with zero attached hydrogens (tertiary/aromatic N) is 2. The molecule has 0 saturated heterocycles. The maximum absolute atomic E-state index is 11.4. The van der Waals surface area contributed by atoms with E-state index in [-0.39, 0.29) is 5.91 Å². The zero-order valence-corrected chi connectivity index (χ0v) is 9.45. The van der Waals surface area contributed by atoms with Gasteiger partial charge in [-0.15, -0.1) is 0 Å². The van der Waals surface area contributed by atoms with Crippen LogP contribution in [0.4, 0.5) is 0 Å². The maximum Gasteiger partial charge on any atom is 0.223 e. The first-order chi connectivity index (χ1) is 6.24. The van der Waals surface area contributed by atoms with Crippen molar-refractivity contribution in [2.24, 2.45) is 0 Å². The van der Waals surface area contributed by atoms with Gasteiger partial charge in [-0.2, -0.15) is 5.26 Å². The Morgan fingerprint density at radius 3 is 3.08 bits per heavy atom. The van der Waals surface area contributed by atoms with Crippen LogP contribution in [0.25, 0.3) is 0 Å². The molecule has 0 atom stereocenters. The Balaban J connectivity index is 2.38. The Bertz CT molecular complexity index is 267. The van der Waals surface area contributed by atoms with Crippen molar-refractivity contribution in [3.63, 3.8) is 0 Å². The monoisotopic (exact) mass is 290 g/mol. The van der Waals surface area contributed by atoms with E-state index in [4.69, 9.17) is 5.26 Å². The van der Waals surface area contributed by atoms with E-state index in [0.717, 1.165) is 13.0 Å². The highest BCUT2D eigenvalue weighted by atomic mass is 127. The molecule has 0 bridgehead atoms. The number of carbonyl (C=O) groups is 1. The highest BCUT2D eigenvalue weighted by molar-refractivity contribution is 14.1. The van der Waals surface area contributed by atoms with E-state index in [2.05, 4.69) is 28.7 Å². The van der Waals surface area contributed by atoms with Crippen molar-refractivity contribution >= 4 is 28.5 Å². The van der Waals surface area contributed by atoms with Gasteiger partial charge in [-0.25, -0.2) is 0 Å². The van der Waals surface area contributed by atoms with Crippen LogP contribution in [0.1, 0.15) is 19.3 Å². The number of hydrogen-bond donors (Lipinski definition) is 0. The van der Waals surface area contributed by atoms with Gasteiger partial charge in [0.1, 0.15) is 0 Å². The fourth-order valence-electron chi connectivity index (χ4n) is 1.19. The lowest BCUT2D eigenvalue weighted by Gasteiger charge is -2.24. The van der Waals surface area contributed by atoms with Crippen molar-refractivity contribution in [3.05, 3.63) is 9.66 Å². The minimum atomic E-state index is 0.0988. The minimum absolute atomic E-state index is 0.0988. The zero-order valence-electron chi connectivity index (χ0n) is 7.29. The molecule has 0 spiro atoms. The third kappa shape index (κ3) is 3.35. The van der Waals surface area contributed by atoms with Gasteiger partial charge in [0.15, 0.2) is 0 Å². The van der Waals surface area contributed by atoms with Crippen LogP contribution in [-0.2, 0) is 4.79 Å². The predicted octanol–water partition coefficient (Wildman–Crippen LogP) is 1.84. The van der Waals surface area contributed by atoms with Crippen LogP contribution in [-0.4, -0.2) is 23.9 Å². The molecule has 0 aromatic heterocycles. The molecule has 1 aliphatic heterocycles. The van der Waals surface area contributed by atoms with E-state index < -0.39 is 0 Å². The summed E-state index contributed by atoms with van der Waals surface area (Å²) in [6.07, 6.45) is 3.71. The van der Waals surface area contributed by atoms with Crippen molar-refractivity contribution in [1.29, 1.82) is 5.26 Å². The topological polar surface area (TPSA) is 44.1 Å². The predicted molar refractivity (Wildman–Crippen MR) is 58.1 cm³/mol. The molecular weight excluding hydrogens is 279 g/mol. The molecule has 3 nitrogen and oxygen atoms in total. The highest BCUT2D eigenvalue weighted by Crippen LogP contribution is 2.17.